The number of carbonyl (C=O) groups is 2. The number of hydrogen-bond donors (Lipinski definition) is 2. The summed E-state index contributed by atoms with van der Waals surface area (Å²) in [6, 6.07) is -3.17. The fourth-order valence-corrected chi connectivity index (χ4v) is 3.24. The van der Waals surface area contributed by atoms with Crippen LogP contribution in [0, 0.1) is 0 Å². The van der Waals surface area contributed by atoms with E-state index in [4.69, 9.17) is 21.1 Å². The van der Waals surface area contributed by atoms with Crippen LogP contribution in [0.1, 0.15) is 41.5 Å². The number of amides is 2. The molecule has 0 saturated carbocycles. The molecule has 1 aromatic rings. The van der Waals surface area contributed by atoms with Gasteiger partial charge in [-0.3, -0.25) is 10.6 Å². The first kappa shape index (κ1) is 44.4. The van der Waals surface area contributed by atoms with Crippen LogP contribution in [-0.2, 0) is 9.47 Å². The minimum atomic E-state index is -8.77. The molecule has 25 heteroatoms. The first-order chi connectivity index (χ1) is 21.8. The van der Waals surface area contributed by atoms with Gasteiger partial charge in [0.15, 0.2) is 5.75 Å². The van der Waals surface area contributed by atoms with Gasteiger partial charge in [-0.25, -0.2) is 9.59 Å². The highest BCUT2D eigenvalue weighted by molar-refractivity contribution is 6.34. The molecule has 288 valence electrons. The lowest BCUT2D eigenvalue weighted by Gasteiger charge is -2.41. The second-order valence-corrected chi connectivity index (χ2v) is 12.1. The van der Waals surface area contributed by atoms with Crippen molar-refractivity contribution in [2.75, 3.05) is 10.6 Å². The van der Waals surface area contributed by atoms with E-state index in [9.17, 15) is 84.2 Å². The Hall–Kier alpha value is -3.60. The van der Waals surface area contributed by atoms with Crippen molar-refractivity contribution in [1.29, 1.82) is 0 Å². The Kier molecular flexibility index (Phi) is 12.0. The molecule has 0 aromatic heterocycles. The normalized spacial score (nSPS) is 14.9. The molecule has 1 rings (SSSR count). The average molecular weight is 789 g/mol. The Balaban J connectivity index is 3.83. The van der Waals surface area contributed by atoms with Crippen LogP contribution in [0.25, 0.3) is 0 Å². The maximum Gasteiger partial charge on any atom is 0.460 e. The molecule has 0 aliphatic rings. The minimum Gasteiger partial charge on any atom is -0.444 e. The maximum atomic E-state index is 14.6. The summed E-state index contributed by atoms with van der Waals surface area (Å²) >= 11 is 5.90. The Morgan fingerprint density at radius 3 is 1.32 bits per heavy atom. The molecule has 0 aliphatic carbocycles. The number of halogens is 18. The lowest BCUT2D eigenvalue weighted by molar-refractivity contribution is -0.451. The number of hydrogen-bond acceptors (Lipinski definition) is 5. The lowest BCUT2D eigenvalue weighted by Crippen LogP contribution is -2.72. The standard InChI is InChI=1S/C25H22ClF17N2O5/c1-17(2,3)49-15(46)44-10-8-12(11(7-9(10)26)45-16(47)50-18(4,5)6)48-14(28)13(27)19(29,30)20(31,32)21(33,34)22(35,36)23(37,38)24(39,40)25(41,42)43/h7-8H,1-6H3,(H,44,46)(H,45,47). The highest BCUT2D eigenvalue weighted by Crippen LogP contribution is 2.63. The SMILES string of the molecule is CC(C)(C)OC(=O)Nc1cc(OC(F)=C(F)C(F)(F)C(F)(F)C(F)(F)C(F)(F)C(F)(F)C(F)(F)C(F)(F)F)c(NC(=O)OC(C)(C)C)cc1Cl. The monoisotopic (exact) mass is 788 g/mol. The third kappa shape index (κ3) is 8.64. The van der Waals surface area contributed by atoms with E-state index >= 15 is 0 Å². The van der Waals surface area contributed by atoms with Crippen LogP contribution in [0.2, 0.25) is 5.02 Å². The molecule has 0 unspecified atom stereocenters. The highest BCUT2D eigenvalue weighted by Gasteiger charge is 2.94. The number of allylic oxidation sites excluding steroid dienone is 1. The fraction of sp³-hybridized carbons (Fsp3) is 0.600. The van der Waals surface area contributed by atoms with Crippen LogP contribution in [-0.4, -0.2) is 65.1 Å². The molecule has 0 saturated heterocycles. The molecule has 0 radical (unpaired) electrons. The highest BCUT2D eigenvalue weighted by atomic mass is 35.5. The lowest BCUT2D eigenvalue weighted by atomic mass is 9.91. The van der Waals surface area contributed by atoms with Gasteiger partial charge in [-0.2, -0.15) is 74.6 Å². The number of benzene rings is 1. The molecule has 0 aliphatic heterocycles. The predicted octanol–water partition coefficient (Wildman–Crippen LogP) is 10.9. The van der Waals surface area contributed by atoms with E-state index in [1.54, 1.807) is 5.32 Å². The number of ether oxygens (including phenoxy) is 3. The second kappa shape index (κ2) is 13.5. The molecule has 7 nitrogen and oxygen atoms in total. The summed E-state index contributed by atoms with van der Waals surface area (Å²) in [5, 5.41) is 2.86. The predicted molar refractivity (Wildman–Crippen MR) is 137 cm³/mol. The van der Waals surface area contributed by atoms with Crippen LogP contribution in [0.3, 0.4) is 0 Å². The van der Waals surface area contributed by atoms with Crippen LogP contribution in [0.5, 0.6) is 5.75 Å². The van der Waals surface area contributed by atoms with Crippen LogP contribution in [0.4, 0.5) is 95.6 Å². The van der Waals surface area contributed by atoms with Crippen molar-refractivity contribution in [1.82, 2.24) is 0 Å². The van der Waals surface area contributed by atoms with Gasteiger partial charge in [0.1, 0.15) is 11.2 Å². The molecule has 0 spiro atoms. The van der Waals surface area contributed by atoms with Gasteiger partial charge in [-0.05, 0) is 47.6 Å². The first-order valence-corrected chi connectivity index (χ1v) is 13.1. The van der Waals surface area contributed by atoms with Crippen molar-refractivity contribution in [3.05, 3.63) is 29.0 Å². The number of nitrogens with one attached hydrogen (secondary N) is 2. The van der Waals surface area contributed by atoms with E-state index in [-0.39, 0.29) is 6.07 Å². The maximum absolute atomic E-state index is 14.6. The van der Waals surface area contributed by atoms with E-state index in [1.165, 1.54) is 41.5 Å². The Labute approximate surface area is 274 Å². The van der Waals surface area contributed by atoms with Crippen molar-refractivity contribution < 1.29 is 98.4 Å². The van der Waals surface area contributed by atoms with Gasteiger partial charge < -0.3 is 14.2 Å². The first-order valence-electron chi connectivity index (χ1n) is 12.7. The number of carbonyl (C=O) groups excluding carboxylic acids is 2. The molecule has 0 heterocycles. The molecular formula is C25H22ClF17N2O5. The number of alkyl halides is 15. The van der Waals surface area contributed by atoms with Crippen molar-refractivity contribution in [2.24, 2.45) is 0 Å². The van der Waals surface area contributed by atoms with Crippen molar-refractivity contribution in [3.63, 3.8) is 0 Å². The van der Waals surface area contributed by atoms with Gasteiger partial charge >= 0.3 is 59.9 Å². The third-order valence-electron chi connectivity index (χ3n) is 5.32. The zero-order chi connectivity index (χ0) is 40.1. The third-order valence-corrected chi connectivity index (χ3v) is 5.63. The summed E-state index contributed by atoms with van der Waals surface area (Å²) in [4.78, 5) is 24.3. The topological polar surface area (TPSA) is 85.9 Å². The molecule has 1 aromatic carbocycles. The largest absolute Gasteiger partial charge is 0.460 e. The van der Waals surface area contributed by atoms with Crippen molar-refractivity contribution >= 4 is 35.2 Å². The van der Waals surface area contributed by atoms with E-state index in [2.05, 4.69) is 4.74 Å². The Bertz CT molecular complexity index is 1480. The van der Waals surface area contributed by atoms with Crippen LogP contribution >= 0.6 is 11.6 Å². The molecule has 2 amide bonds. The summed E-state index contributed by atoms with van der Waals surface area (Å²) in [5.41, 5.74) is -4.46. The number of anilines is 2. The van der Waals surface area contributed by atoms with Gasteiger partial charge in [0, 0.05) is 6.07 Å². The Morgan fingerprint density at radius 2 is 0.940 bits per heavy atom. The molecule has 0 atom stereocenters. The van der Waals surface area contributed by atoms with E-state index in [0.717, 1.165) is 0 Å². The van der Waals surface area contributed by atoms with Gasteiger partial charge in [0.05, 0.1) is 16.4 Å². The van der Waals surface area contributed by atoms with Gasteiger partial charge in [0.25, 0.3) is 0 Å². The quantitative estimate of drug-likeness (QED) is 0.182. The Morgan fingerprint density at radius 1 is 0.580 bits per heavy atom. The fourth-order valence-electron chi connectivity index (χ4n) is 3.03. The summed E-state index contributed by atoms with van der Waals surface area (Å²) in [7, 11) is 0. The van der Waals surface area contributed by atoms with Crippen molar-refractivity contribution in [3.8, 4) is 5.75 Å². The molecule has 0 bridgehead atoms. The molecule has 0 fully saturated rings. The zero-order valence-corrected chi connectivity index (χ0v) is 26.3. The molecule has 50 heavy (non-hydrogen) atoms. The summed E-state index contributed by atoms with van der Waals surface area (Å²) < 4.78 is 245. The van der Waals surface area contributed by atoms with Gasteiger partial charge in [-0.1, -0.05) is 11.6 Å². The summed E-state index contributed by atoms with van der Waals surface area (Å²) in [6.45, 7) is 7.80. The van der Waals surface area contributed by atoms with Gasteiger partial charge in [0.2, 0.25) is 5.83 Å². The van der Waals surface area contributed by atoms with Crippen LogP contribution in [0.15, 0.2) is 24.0 Å². The van der Waals surface area contributed by atoms with E-state index < -0.39 is 99.1 Å². The number of rotatable bonds is 10. The summed E-state index contributed by atoms with van der Waals surface area (Å²) in [5.74, 6) is -56.9. The minimum absolute atomic E-state index is 0.199. The van der Waals surface area contributed by atoms with Crippen LogP contribution < -0.4 is 15.4 Å². The van der Waals surface area contributed by atoms with E-state index in [0.29, 0.717) is 6.07 Å². The molecular weight excluding hydrogens is 767 g/mol. The zero-order valence-electron chi connectivity index (χ0n) is 25.5. The van der Waals surface area contributed by atoms with E-state index in [1.807, 2.05) is 5.32 Å². The molecule has 2 N–H and O–H groups in total. The average Bonchev–Trinajstić information content (AvgIpc) is 2.87. The van der Waals surface area contributed by atoms with Gasteiger partial charge in [-0.15, -0.1) is 0 Å². The second-order valence-electron chi connectivity index (χ2n) is 11.7. The smallest absolute Gasteiger partial charge is 0.444 e. The summed E-state index contributed by atoms with van der Waals surface area (Å²) in [6.07, 6.45) is -10.8. The van der Waals surface area contributed by atoms with Crippen molar-refractivity contribution in [2.45, 2.75) is 94.5 Å².